The molecule has 1 unspecified atom stereocenters. The third-order valence-corrected chi connectivity index (χ3v) is 3.46. The molecule has 1 fully saturated rings. The van der Waals surface area contributed by atoms with Gasteiger partial charge in [0.15, 0.2) is 0 Å². The number of rotatable bonds is 3. The molecule has 19 heavy (non-hydrogen) atoms. The lowest BCUT2D eigenvalue weighted by molar-refractivity contribution is -0.150. The number of halogens is 1. The first-order chi connectivity index (χ1) is 8.93. The molecule has 0 aromatic heterocycles. The zero-order chi connectivity index (χ0) is 14.0. The van der Waals surface area contributed by atoms with Gasteiger partial charge in [0, 0.05) is 5.92 Å². The summed E-state index contributed by atoms with van der Waals surface area (Å²) in [5, 5.41) is 0. The highest BCUT2D eigenvalue weighted by molar-refractivity contribution is 5.89. The normalized spacial score (nSPS) is 29.9. The summed E-state index contributed by atoms with van der Waals surface area (Å²) >= 11 is 0. The Morgan fingerprint density at radius 3 is 2.58 bits per heavy atom. The van der Waals surface area contributed by atoms with Crippen LogP contribution in [0.15, 0.2) is 30.3 Å². The molecule has 0 N–H and O–H groups in total. The minimum atomic E-state index is -2.02. The van der Waals surface area contributed by atoms with Crippen LogP contribution < -0.4 is 0 Å². The summed E-state index contributed by atoms with van der Waals surface area (Å²) in [4.78, 5) is 23.0. The maximum absolute atomic E-state index is 13.9. The number of carbonyl (C=O) groups is 2. The highest BCUT2D eigenvalue weighted by Gasteiger charge is 2.53. The molecule has 0 bridgehead atoms. The number of hydrogen-bond acceptors (Lipinski definition) is 4. The second kappa shape index (κ2) is 4.99. The van der Waals surface area contributed by atoms with Gasteiger partial charge >= 0.3 is 11.9 Å². The minimum Gasteiger partial charge on any atom is -0.458 e. The van der Waals surface area contributed by atoms with Gasteiger partial charge in [-0.2, -0.15) is 0 Å². The number of ether oxygens (including phenoxy) is 2. The molecule has 0 radical (unpaired) electrons. The zero-order valence-corrected chi connectivity index (χ0v) is 10.8. The standard InChI is InChI=1S/C14H15FO4/c1-9-11(19-13(17)14(9,2)15)8-18-12(16)10-6-4-3-5-7-10/h3-7,9,11H,8H2,1-2H3/t9-,11?,14-/m1/s1. The molecule has 1 aliphatic heterocycles. The van der Waals surface area contributed by atoms with Crippen LogP contribution in [0, 0.1) is 5.92 Å². The van der Waals surface area contributed by atoms with Gasteiger partial charge in [0.1, 0.15) is 12.7 Å². The van der Waals surface area contributed by atoms with Crippen LogP contribution in [0.2, 0.25) is 0 Å². The zero-order valence-electron chi connectivity index (χ0n) is 10.8. The summed E-state index contributed by atoms with van der Waals surface area (Å²) < 4.78 is 23.8. The Morgan fingerprint density at radius 1 is 1.42 bits per heavy atom. The number of hydrogen-bond donors (Lipinski definition) is 0. The van der Waals surface area contributed by atoms with Gasteiger partial charge in [0.2, 0.25) is 5.67 Å². The maximum Gasteiger partial charge on any atom is 0.344 e. The first-order valence-corrected chi connectivity index (χ1v) is 6.05. The molecule has 0 spiro atoms. The number of cyclic esters (lactones) is 1. The third kappa shape index (κ3) is 2.59. The Labute approximate surface area is 110 Å². The van der Waals surface area contributed by atoms with Crippen LogP contribution in [0.1, 0.15) is 24.2 Å². The average Bonchev–Trinajstić information content (AvgIpc) is 2.60. The van der Waals surface area contributed by atoms with Crippen LogP contribution in [0.4, 0.5) is 4.39 Å². The second-order valence-corrected chi connectivity index (χ2v) is 4.77. The van der Waals surface area contributed by atoms with Crippen LogP contribution in [0.5, 0.6) is 0 Å². The van der Waals surface area contributed by atoms with E-state index in [1.54, 1.807) is 37.3 Å². The van der Waals surface area contributed by atoms with Gasteiger partial charge in [0.25, 0.3) is 0 Å². The fourth-order valence-electron chi connectivity index (χ4n) is 1.88. The van der Waals surface area contributed by atoms with Crippen LogP contribution in [0.25, 0.3) is 0 Å². The number of alkyl halides is 1. The van der Waals surface area contributed by atoms with Gasteiger partial charge in [-0.3, -0.25) is 0 Å². The van der Waals surface area contributed by atoms with Crippen molar-refractivity contribution in [3.05, 3.63) is 35.9 Å². The lowest BCUT2D eigenvalue weighted by Gasteiger charge is -2.17. The van der Waals surface area contributed by atoms with E-state index in [1.807, 2.05) is 0 Å². The Balaban J connectivity index is 1.94. The minimum absolute atomic E-state index is 0.139. The summed E-state index contributed by atoms with van der Waals surface area (Å²) in [6, 6.07) is 8.45. The molecule has 1 heterocycles. The van der Waals surface area contributed by atoms with Crippen LogP contribution >= 0.6 is 0 Å². The van der Waals surface area contributed by atoms with Crippen molar-refractivity contribution in [1.82, 2.24) is 0 Å². The summed E-state index contributed by atoms with van der Waals surface area (Å²) in [7, 11) is 0. The van der Waals surface area contributed by atoms with Crippen molar-refractivity contribution < 1.29 is 23.5 Å². The van der Waals surface area contributed by atoms with Gasteiger partial charge < -0.3 is 9.47 Å². The molecule has 2 rings (SSSR count). The maximum atomic E-state index is 13.9. The van der Waals surface area contributed by atoms with E-state index in [-0.39, 0.29) is 6.61 Å². The van der Waals surface area contributed by atoms with Gasteiger partial charge in [0.05, 0.1) is 5.56 Å². The van der Waals surface area contributed by atoms with Gasteiger partial charge in [-0.05, 0) is 19.1 Å². The van der Waals surface area contributed by atoms with Gasteiger partial charge in [-0.15, -0.1) is 0 Å². The van der Waals surface area contributed by atoms with Crippen LogP contribution in [-0.2, 0) is 14.3 Å². The van der Waals surface area contributed by atoms with E-state index in [0.717, 1.165) is 0 Å². The molecule has 5 heteroatoms. The molecule has 0 saturated carbocycles. The predicted octanol–water partition coefficient (Wildman–Crippen LogP) is 2.13. The number of benzene rings is 1. The number of carbonyl (C=O) groups excluding carboxylic acids is 2. The summed E-state index contributed by atoms with van der Waals surface area (Å²) in [5.41, 5.74) is -1.62. The highest BCUT2D eigenvalue weighted by Crippen LogP contribution is 2.35. The van der Waals surface area contributed by atoms with Crippen molar-refractivity contribution in [2.24, 2.45) is 5.92 Å². The average molecular weight is 266 g/mol. The Kier molecular flexibility index (Phi) is 3.55. The molecular weight excluding hydrogens is 251 g/mol. The molecule has 1 aromatic rings. The molecule has 3 atom stereocenters. The topological polar surface area (TPSA) is 52.6 Å². The predicted molar refractivity (Wildman–Crippen MR) is 65.3 cm³/mol. The van der Waals surface area contributed by atoms with Crippen molar-refractivity contribution in [3.8, 4) is 0 Å². The lowest BCUT2D eigenvalue weighted by Crippen LogP contribution is -2.33. The first kappa shape index (κ1) is 13.5. The Morgan fingerprint density at radius 2 is 2.05 bits per heavy atom. The smallest absolute Gasteiger partial charge is 0.344 e. The van der Waals surface area contributed by atoms with E-state index in [2.05, 4.69) is 0 Å². The summed E-state index contributed by atoms with van der Waals surface area (Å²) in [5.74, 6) is -2.07. The molecule has 0 aliphatic carbocycles. The fourth-order valence-corrected chi connectivity index (χ4v) is 1.88. The molecule has 1 aliphatic rings. The largest absolute Gasteiger partial charge is 0.458 e. The SMILES string of the molecule is C[C@@H]1C(COC(=O)c2ccccc2)OC(=O)[C@]1(C)F. The molecule has 1 saturated heterocycles. The van der Waals surface area contributed by atoms with E-state index in [0.29, 0.717) is 5.56 Å². The van der Waals surface area contributed by atoms with Crippen molar-refractivity contribution in [2.45, 2.75) is 25.6 Å². The van der Waals surface area contributed by atoms with E-state index in [9.17, 15) is 14.0 Å². The van der Waals surface area contributed by atoms with Crippen LogP contribution in [0.3, 0.4) is 0 Å². The summed E-state index contributed by atoms with van der Waals surface area (Å²) in [6.07, 6.45) is -0.741. The van der Waals surface area contributed by atoms with E-state index >= 15 is 0 Å². The van der Waals surface area contributed by atoms with Crippen molar-refractivity contribution in [1.29, 1.82) is 0 Å². The van der Waals surface area contributed by atoms with E-state index in [1.165, 1.54) is 6.92 Å². The molecule has 102 valence electrons. The highest BCUT2D eigenvalue weighted by atomic mass is 19.1. The van der Waals surface area contributed by atoms with E-state index < -0.39 is 29.6 Å². The Hall–Kier alpha value is -1.91. The van der Waals surface area contributed by atoms with Crippen LogP contribution in [-0.4, -0.2) is 30.3 Å². The molecule has 4 nitrogen and oxygen atoms in total. The van der Waals surface area contributed by atoms with Gasteiger partial charge in [-0.25, -0.2) is 14.0 Å². The number of esters is 2. The molecule has 0 amide bonds. The second-order valence-electron chi connectivity index (χ2n) is 4.77. The van der Waals surface area contributed by atoms with Gasteiger partial charge in [-0.1, -0.05) is 25.1 Å². The van der Waals surface area contributed by atoms with E-state index in [4.69, 9.17) is 9.47 Å². The first-order valence-electron chi connectivity index (χ1n) is 6.05. The quantitative estimate of drug-likeness (QED) is 0.786. The fraction of sp³-hybridized carbons (Fsp3) is 0.429. The molecule has 1 aromatic carbocycles. The van der Waals surface area contributed by atoms with Crippen molar-refractivity contribution in [2.75, 3.05) is 6.61 Å². The van der Waals surface area contributed by atoms with Crippen molar-refractivity contribution >= 4 is 11.9 Å². The Bertz CT molecular complexity index is 483. The van der Waals surface area contributed by atoms with Crippen molar-refractivity contribution in [3.63, 3.8) is 0 Å². The lowest BCUT2D eigenvalue weighted by atomic mass is 9.91. The monoisotopic (exact) mass is 266 g/mol. The summed E-state index contributed by atoms with van der Waals surface area (Å²) in [6.45, 7) is 2.60. The third-order valence-electron chi connectivity index (χ3n) is 3.46. The molecular formula is C14H15FO4.